The Morgan fingerprint density at radius 2 is 1.92 bits per heavy atom. The third kappa shape index (κ3) is 4.27. The molecular weight excluding hydrogens is 164 g/mol. The maximum atomic E-state index is 11.5. The van der Waals surface area contributed by atoms with Crippen LogP contribution in [0.1, 0.15) is 33.6 Å². The molecule has 0 aromatic rings. The molecule has 0 aliphatic heterocycles. The van der Waals surface area contributed by atoms with Crippen molar-refractivity contribution in [1.29, 1.82) is 0 Å². The van der Waals surface area contributed by atoms with Crippen molar-refractivity contribution in [1.82, 2.24) is 4.90 Å². The van der Waals surface area contributed by atoms with Crippen LogP contribution in [0.15, 0.2) is 0 Å². The standard InChI is InChI=1S/C10H22N2O/c1-8(2)9(3)12(4)10(13)6-5-7-11/h8-9H,5-7,11H2,1-4H3. The van der Waals surface area contributed by atoms with Crippen molar-refractivity contribution in [3.8, 4) is 0 Å². The number of hydrogen-bond acceptors (Lipinski definition) is 2. The lowest BCUT2D eigenvalue weighted by molar-refractivity contribution is -0.132. The van der Waals surface area contributed by atoms with Gasteiger partial charge >= 0.3 is 0 Å². The van der Waals surface area contributed by atoms with E-state index in [-0.39, 0.29) is 5.91 Å². The van der Waals surface area contributed by atoms with E-state index >= 15 is 0 Å². The smallest absolute Gasteiger partial charge is 0.222 e. The lowest BCUT2D eigenvalue weighted by atomic mass is 10.0. The maximum Gasteiger partial charge on any atom is 0.222 e. The van der Waals surface area contributed by atoms with Crippen LogP contribution in [0, 0.1) is 5.92 Å². The Morgan fingerprint density at radius 1 is 1.38 bits per heavy atom. The first-order valence-corrected chi connectivity index (χ1v) is 4.96. The Hall–Kier alpha value is -0.570. The fourth-order valence-corrected chi connectivity index (χ4v) is 1.10. The quantitative estimate of drug-likeness (QED) is 0.702. The molecule has 0 spiro atoms. The van der Waals surface area contributed by atoms with Gasteiger partial charge < -0.3 is 10.6 Å². The second-order valence-electron chi connectivity index (χ2n) is 3.88. The van der Waals surface area contributed by atoms with Crippen LogP contribution in [-0.2, 0) is 4.79 Å². The molecule has 0 bridgehead atoms. The number of amides is 1. The van der Waals surface area contributed by atoms with Crippen molar-refractivity contribution < 1.29 is 4.79 Å². The molecular formula is C10H22N2O. The van der Waals surface area contributed by atoms with Crippen LogP contribution in [-0.4, -0.2) is 30.4 Å². The van der Waals surface area contributed by atoms with E-state index in [2.05, 4.69) is 20.8 Å². The summed E-state index contributed by atoms with van der Waals surface area (Å²) in [5, 5.41) is 0. The molecule has 3 heteroatoms. The third-order valence-corrected chi connectivity index (χ3v) is 2.56. The topological polar surface area (TPSA) is 46.3 Å². The summed E-state index contributed by atoms with van der Waals surface area (Å²) in [6.07, 6.45) is 1.36. The molecule has 0 heterocycles. The highest BCUT2D eigenvalue weighted by Gasteiger charge is 2.17. The van der Waals surface area contributed by atoms with Crippen molar-refractivity contribution in [2.75, 3.05) is 13.6 Å². The average molecular weight is 186 g/mol. The number of carbonyl (C=O) groups excluding carboxylic acids is 1. The molecule has 0 rings (SSSR count). The average Bonchev–Trinajstić information content (AvgIpc) is 2.11. The van der Waals surface area contributed by atoms with E-state index in [0.717, 1.165) is 6.42 Å². The van der Waals surface area contributed by atoms with Crippen LogP contribution in [0.4, 0.5) is 0 Å². The number of nitrogens with zero attached hydrogens (tertiary/aromatic N) is 1. The van der Waals surface area contributed by atoms with E-state index in [1.807, 2.05) is 11.9 Å². The van der Waals surface area contributed by atoms with Gasteiger partial charge in [0.1, 0.15) is 0 Å². The van der Waals surface area contributed by atoms with Crippen LogP contribution >= 0.6 is 0 Å². The lowest BCUT2D eigenvalue weighted by Crippen LogP contribution is -2.38. The van der Waals surface area contributed by atoms with Crippen molar-refractivity contribution in [3.63, 3.8) is 0 Å². The molecule has 1 amide bonds. The Balaban J connectivity index is 3.94. The molecule has 0 aliphatic rings. The number of rotatable bonds is 5. The molecule has 13 heavy (non-hydrogen) atoms. The molecule has 0 fully saturated rings. The summed E-state index contributed by atoms with van der Waals surface area (Å²) in [6.45, 7) is 6.91. The largest absolute Gasteiger partial charge is 0.343 e. The predicted octanol–water partition coefficient (Wildman–Crippen LogP) is 1.23. The molecule has 1 atom stereocenters. The molecule has 0 aliphatic carbocycles. The normalized spacial score (nSPS) is 13.1. The molecule has 78 valence electrons. The highest BCUT2D eigenvalue weighted by Crippen LogP contribution is 2.09. The summed E-state index contributed by atoms with van der Waals surface area (Å²) >= 11 is 0. The summed E-state index contributed by atoms with van der Waals surface area (Å²) in [5.74, 6) is 0.707. The molecule has 1 unspecified atom stereocenters. The minimum Gasteiger partial charge on any atom is -0.343 e. The molecule has 0 saturated heterocycles. The van der Waals surface area contributed by atoms with Crippen LogP contribution in [0.5, 0.6) is 0 Å². The van der Waals surface area contributed by atoms with Crippen LogP contribution in [0.2, 0.25) is 0 Å². The van der Waals surface area contributed by atoms with E-state index in [1.165, 1.54) is 0 Å². The van der Waals surface area contributed by atoms with Crippen molar-refractivity contribution in [2.45, 2.75) is 39.7 Å². The van der Waals surface area contributed by atoms with Gasteiger partial charge in [-0.3, -0.25) is 4.79 Å². The number of carbonyl (C=O) groups is 1. The van der Waals surface area contributed by atoms with Crippen LogP contribution < -0.4 is 5.73 Å². The fourth-order valence-electron chi connectivity index (χ4n) is 1.10. The Labute approximate surface area is 81.3 Å². The summed E-state index contributed by atoms with van der Waals surface area (Å²) < 4.78 is 0. The lowest BCUT2D eigenvalue weighted by Gasteiger charge is -2.28. The monoisotopic (exact) mass is 186 g/mol. The van der Waals surface area contributed by atoms with Gasteiger partial charge in [-0.25, -0.2) is 0 Å². The number of nitrogens with two attached hydrogens (primary N) is 1. The highest BCUT2D eigenvalue weighted by atomic mass is 16.2. The van der Waals surface area contributed by atoms with Gasteiger partial charge in [0.25, 0.3) is 0 Å². The molecule has 0 aromatic carbocycles. The van der Waals surface area contributed by atoms with E-state index < -0.39 is 0 Å². The molecule has 0 saturated carbocycles. The number of hydrogen-bond donors (Lipinski definition) is 1. The highest BCUT2D eigenvalue weighted by molar-refractivity contribution is 5.76. The van der Waals surface area contributed by atoms with E-state index in [4.69, 9.17) is 5.73 Å². The molecule has 0 aromatic heterocycles. The first-order chi connectivity index (χ1) is 6.00. The SMILES string of the molecule is CC(C)C(C)N(C)C(=O)CCCN. The van der Waals surface area contributed by atoms with Gasteiger partial charge in [0.05, 0.1) is 0 Å². The van der Waals surface area contributed by atoms with E-state index in [1.54, 1.807) is 0 Å². The van der Waals surface area contributed by atoms with Gasteiger partial charge in [-0.15, -0.1) is 0 Å². The Kier molecular flexibility index (Phi) is 5.71. The van der Waals surface area contributed by atoms with Crippen molar-refractivity contribution >= 4 is 5.91 Å². The van der Waals surface area contributed by atoms with Crippen molar-refractivity contribution in [2.24, 2.45) is 11.7 Å². The maximum absolute atomic E-state index is 11.5. The molecule has 0 radical (unpaired) electrons. The van der Waals surface area contributed by atoms with Crippen LogP contribution in [0.3, 0.4) is 0 Å². The van der Waals surface area contributed by atoms with Gasteiger partial charge in [-0.1, -0.05) is 13.8 Å². The van der Waals surface area contributed by atoms with Gasteiger partial charge in [0, 0.05) is 19.5 Å². The van der Waals surface area contributed by atoms with Crippen LogP contribution in [0.25, 0.3) is 0 Å². The zero-order chi connectivity index (χ0) is 10.4. The first kappa shape index (κ1) is 12.4. The van der Waals surface area contributed by atoms with Crippen molar-refractivity contribution in [3.05, 3.63) is 0 Å². The minimum atomic E-state index is 0.201. The fraction of sp³-hybridized carbons (Fsp3) is 0.900. The predicted molar refractivity (Wildman–Crippen MR) is 55.4 cm³/mol. The summed E-state index contributed by atoms with van der Waals surface area (Å²) in [7, 11) is 1.86. The van der Waals surface area contributed by atoms with Gasteiger partial charge in [-0.2, -0.15) is 0 Å². The Bertz CT molecular complexity index is 157. The van der Waals surface area contributed by atoms with Gasteiger partial charge in [0.15, 0.2) is 0 Å². The third-order valence-electron chi connectivity index (χ3n) is 2.56. The zero-order valence-electron chi connectivity index (χ0n) is 9.21. The summed E-state index contributed by atoms with van der Waals surface area (Å²) in [5.41, 5.74) is 5.34. The summed E-state index contributed by atoms with van der Waals surface area (Å²) in [4.78, 5) is 13.3. The Morgan fingerprint density at radius 3 is 2.31 bits per heavy atom. The second-order valence-corrected chi connectivity index (χ2v) is 3.88. The first-order valence-electron chi connectivity index (χ1n) is 4.96. The molecule has 2 N–H and O–H groups in total. The van der Waals surface area contributed by atoms with E-state index in [0.29, 0.717) is 24.9 Å². The zero-order valence-corrected chi connectivity index (χ0v) is 9.21. The summed E-state index contributed by atoms with van der Waals surface area (Å²) in [6, 6.07) is 0.310. The van der Waals surface area contributed by atoms with Gasteiger partial charge in [0.2, 0.25) is 5.91 Å². The van der Waals surface area contributed by atoms with Gasteiger partial charge in [-0.05, 0) is 25.8 Å². The minimum absolute atomic E-state index is 0.201. The second kappa shape index (κ2) is 5.97. The molecule has 3 nitrogen and oxygen atoms in total. The van der Waals surface area contributed by atoms with E-state index in [9.17, 15) is 4.79 Å².